The minimum Gasteiger partial charge on any atom is -0.478 e. The molecule has 1 aliphatic heterocycles. The maximum Gasteiger partial charge on any atom is 0.330 e. The molecule has 4 heteroatoms. The SMILES string of the molecule is CC(=CCN(C)C1CCCN(C)C1)C(=O)O. The van der Waals surface area contributed by atoms with E-state index in [9.17, 15) is 4.79 Å². The molecule has 0 aliphatic carbocycles. The fraction of sp³-hybridized carbons (Fsp3) is 0.750. The summed E-state index contributed by atoms with van der Waals surface area (Å²) in [5, 5.41) is 8.75. The van der Waals surface area contributed by atoms with Gasteiger partial charge in [0.1, 0.15) is 0 Å². The van der Waals surface area contributed by atoms with Crippen LogP contribution in [0.4, 0.5) is 0 Å². The molecule has 16 heavy (non-hydrogen) atoms. The van der Waals surface area contributed by atoms with E-state index in [0.717, 1.165) is 13.1 Å². The summed E-state index contributed by atoms with van der Waals surface area (Å²) in [6.07, 6.45) is 4.23. The number of likely N-dealkylation sites (N-methyl/N-ethyl adjacent to an activating group) is 2. The molecule has 0 saturated carbocycles. The van der Waals surface area contributed by atoms with Crippen LogP contribution in [-0.4, -0.2) is 60.6 Å². The Bertz CT molecular complexity index is 276. The first-order chi connectivity index (χ1) is 7.50. The quantitative estimate of drug-likeness (QED) is 0.728. The largest absolute Gasteiger partial charge is 0.478 e. The smallest absolute Gasteiger partial charge is 0.330 e. The molecule has 1 saturated heterocycles. The lowest BCUT2D eigenvalue weighted by molar-refractivity contribution is -0.132. The second-order valence-electron chi connectivity index (χ2n) is 4.69. The molecular formula is C12H22N2O2. The number of aliphatic carboxylic acids is 1. The highest BCUT2D eigenvalue weighted by Crippen LogP contribution is 2.13. The molecule has 4 nitrogen and oxygen atoms in total. The summed E-state index contributed by atoms with van der Waals surface area (Å²) >= 11 is 0. The Labute approximate surface area is 97.5 Å². The van der Waals surface area contributed by atoms with Crippen LogP contribution in [0.5, 0.6) is 0 Å². The van der Waals surface area contributed by atoms with E-state index >= 15 is 0 Å². The van der Waals surface area contributed by atoms with Crippen LogP contribution in [0.15, 0.2) is 11.6 Å². The number of carboxylic acids is 1. The van der Waals surface area contributed by atoms with Crippen LogP contribution >= 0.6 is 0 Å². The van der Waals surface area contributed by atoms with Crippen molar-refractivity contribution in [3.8, 4) is 0 Å². The lowest BCUT2D eigenvalue weighted by atomic mass is 10.1. The summed E-state index contributed by atoms with van der Waals surface area (Å²) in [6, 6.07) is 0.552. The summed E-state index contributed by atoms with van der Waals surface area (Å²) in [5.74, 6) is -0.825. The molecule has 0 aromatic rings. The van der Waals surface area contributed by atoms with Gasteiger partial charge in [0, 0.05) is 24.7 Å². The highest BCUT2D eigenvalue weighted by atomic mass is 16.4. The van der Waals surface area contributed by atoms with Crippen LogP contribution in [-0.2, 0) is 4.79 Å². The molecule has 1 aliphatic rings. The van der Waals surface area contributed by atoms with E-state index in [4.69, 9.17) is 5.11 Å². The predicted octanol–water partition coefficient (Wildman–Crippen LogP) is 1.04. The topological polar surface area (TPSA) is 43.8 Å². The second-order valence-corrected chi connectivity index (χ2v) is 4.69. The zero-order valence-corrected chi connectivity index (χ0v) is 10.4. The molecule has 0 bridgehead atoms. The highest BCUT2D eigenvalue weighted by Gasteiger charge is 2.20. The van der Waals surface area contributed by atoms with Gasteiger partial charge in [0.2, 0.25) is 0 Å². The highest BCUT2D eigenvalue weighted by molar-refractivity contribution is 5.85. The van der Waals surface area contributed by atoms with Crippen molar-refractivity contribution in [1.82, 2.24) is 9.80 Å². The lowest BCUT2D eigenvalue weighted by Crippen LogP contribution is -2.44. The van der Waals surface area contributed by atoms with Gasteiger partial charge in [-0.3, -0.25) is 4.90 Å². The van der Waals surface area contributed by atoms with E-state index in [1.165, 1.54) is 19.4 Å². The molecule has 1 heterocycles. The Morgan fingerprint density at radius 1 is 1.62 bits per heavy atom. The van der Waals surface area contributed by atoms with Crippen LogP contribution in [0.3, 0.4) is 0 Å². The van der Waals surface area contributed by atoms with Gasteiger partial charge in [-0.1, -0.05) is 6.08 Å². The van der Waals surface area contributed by atoms with Crippen molar-refractivity contribution >= 4 is 5.97 Å². The summed E-state index contributed by atoms with van der Waals surface area (Å²) in [4.78, 5) is 15.2. The average Bonchev–Trinajstić information content (AvgIpc) is 2.25. The Balaban J connectivity index is 2.42. The van der Waals surface area contributed by atoms with Gasteiger partial charge in [-0.25, -0.2) is 4.79 Å². The average molecular weight is 226 g/mol. The first-order valence-corrected chi connectivity index (χ1v) is 5.79. The number of carbonyl (C=O) groups is 1. The number of hydrogen-bond donors (Lipinski definition) is 1. The van der Waals surface area contributed by atoms with Gasteiger partial charge >= 0.3 is 5.97 Å². The van der Waals surface area contributed by atoms with Gasteiger partial charge < -0.3 is 10.0 Å². The second kappa shape index (κ2) is 6.01. The number of piperidine rings is 1. The minimum atomic E-state index is -0.825. The maximum absolute atomic E-state index is 10.6. The van der Waals surface area contributed by atoms with Crippen molar-refractivity contribution in [1.29, 1.82) is 0 Å². The summed E-state index contributed by atoms with van der Waals surface area (Å²) in [6.45, 7) is 4.62. The van der Waals surface area contributed by atoms with Crippen molar-refractivity contribution in [2.24, 2.45) is 0 Å². The van der Waals surface area contributed by atoms with Crippen molar-refractivity contribution in [2.75, 3.05) is 33.7 Å². The zero-order valence-electron chi connectivity index (χ0n) is 10.4. The van der Waals surface area contributed by atoms with Gasteiger partial charge in [-0.15, -0.1) is 0 Å². The standard InChI is InChI=1S/C12H22N2O2/c1-10(12(15)16)6-8-14(3)11-5-4-7-13(2)9-11/h6,11H,4-5,7-9H2,1-3H3,(H,15,16). The molecule has 0 amide bonds. The third kappa shape index (κ3) is 3.94. The van der Waals surface area contributed by atoms with Crippen molar-refractivity contribution in [3.05, 3.63) is 11.6 Å². The van der Waals surface area contributed by atoms with Gasteiger partial charge in [-0.2, -0.15) is 0 Å². The van der Waals surface area contributed by atoms with Crippen LogP contribution in [0.25, 0.3) is 0 Å². The Kier molecular flexibility index (Phi) is 4.96. The molecule has 1 unspecified atom stereocenters. The first kappa shape index (κ1) is 13.2. The number of rotatable bonds is 4. The normalized spacial score (nSPS) is 23.8. The van der Waals surface area contributed by atoms with Crippen LogP contribution in [0.1, 0.15) is 19.8 Å². The Morgan fingerprint density at radius 2 is 2.31 bits per heavy atom. The molecule has 0 aromatic heterocycles. The molecule has 0 radical (unpaired) electrons. The fourth-order valence-electron chi connectivity index (χ4n) is 2.02. The molecule has 92 valence electrons. The van der Waals surface area contributed by atoms with Gasteiger partial charge in [0.05, 0.1) is 0 Å². The first-order valence-electron chi connectivity index (χ1n) is 5.79. The van der Waals surface area contributed by atoms with Gasteiger partial charge in [-0.05, 0) is 40.4 Å². The molecule has 1 atom stereocenters. The summed E-state index contributed by atoms with van der Waals surface area (Å²) in [7, 11) is 4.20. The lowest BCUT2D eigenvalue weighted by Gasteiger charge is -2.35. The monoisotopic (exact) mass is 226 g/mol. The van der Waals surface area contributed by atoms with E-state index < -0.39 is 5.97 Å². The maximum atomic E-state index is 10.6. The van der Waals surface area contributed by atoms with Gasteiger partial charge in [0.15, 0.2) is 0 Å². The summed E-state index contributed by atoms with van der Waals surface area (Å²) in [5.41, 5.74) is 0.427. The van der Waals surface area contributed by atoms with E-state index in [1.807, 2.05) is 0 Å². The van der Waals surface area contributed by atoms with E-state index in [1.54, 1.807) is 13.0 Å². The number of likely N-dealkylation sites (tertiary alicyclic amines) is 1. The molecular weight excluding hydrogens is 204 g/mol. The molecule has 0 aromatic carbocycles. The van der Waals surface area contributed by atoms with Crippen LogP contribution < -0.4 is 0 Å². The van der Waals surface area contributed by atoms with E-state index in [-0.39, 0.29) is 0 Å². The molecule has 1 fully saturated rings. The van der Waals surface area contributed by atoms with E-state index in [0.29, 0.717) is 11.6 Å². The van der Waals surface area contributed by atoms with Crippen LogP contribution in [0, 0.1) is 0 Å². The van der Waals surface area contributed by atoms with Crippen LogP contribution in [0.2, 0.25) is 0 Å². The minimum absolute atomic E-state index is 0.427. The molecule has 0 spiro atoms. The Morgan fingerprint density at radius 3 is 2.88 bits per heavy atom. The van der Waals surface area contributed by atoms with E-state index in [2.05, 4.69) is 23.9 Å². The number of nitrogens with zero attached hydrogens (tertiary/aromatic N) is 2. The third-order valence-corrected chi connectivity index (χ3v) is 3.25. The molecule has 1 rings (SSSR count). The molecule has 1 N–H and O–H groups in total. The predicted molar refractivity (Wildman–Crippen MR) is 64.5 cm³/mol. The van der Waals surface area contributed by atoms with Crippen molar-refractivity contribution in [3.63, 3.8) is 0 Å². The third-order valence-electron chi connectivity index (χ3n) is 3.25. The summed E-state index contributed by atoms with van der Waals surface area (Å²) < 4.78 is 0. The zero-order chi connectivity index (χ0) is 12.1. The van der Waals surface area contributed by atoms with Gasteiger partial charge in [0.25, 0.3) is 0 Å². The van der Waals surface area contributed by atoms with Crippen molar-refractivity contribution in [2.45, 2.75) is 25.8 Å². The number of carboxylic acid groups (broad SMARTS) is 1. The van der Waals surface area contributed by atoms with Crippen molar-refractivity contribution < 1.29 is 9.90 Å². The fourth-order valence-corrected chi connectivity index (χ4v) is 2.02. The Hall–Kier alpha value is -0.870. The number of hydrogen-bond acceptors (Lipinski definition) is 3.